The van der Waals surface area contributed by atoms with Crippen LogP contribution in [0.5, 0.6) is 0 Å². The molecule has 0 rings (SSSR count). The molecule has 0 aliphatic rings. The average Bonchev–Trinajstić information content (AvgIpc) is 2.32. The van der Waals surface area contributed by atoms with E-state index in [4.69, 9.17) is 0 Å². The third kappa shape index (κ3) is 7.24. The van der Waals surface area contributed by atoms with E-state index in [-0.39, 0.29) is 0 Å². The molecule has 0 radical (unpaired) electrons. The normalized spacial score (nSPS) is 11.1. The van der Waals surface area contributed by atoms with Crippen LogP contribution in [0.4, 0.5) is 0 Å². The maximum atomic E-state index is 4.55. The van der Waals surface area contributed by atoms with Gasteiger partial charge in [-0.15, -0.1) is 23.5 Å². The van der Waals surface area contributed by atoms with Gasteiger partial charge in [-0.1, -0.05) is 9.98 Å². The number of rotatable bonds is 3. The summed E-state index contributed by atoms with van der Waals surface area (Å²) < 4.78 is 3.18. The number of hydrogen-bond donors (Lipinski definition) is 0. The van der Waals surface area contributed by atoms with Crippen LogP contribution in [0.15, 0.2) is 15.0 Å². The van der Waals surface area contributed by atoms with E-state index in [2.05, 4.69) is 47.2 Å². The first-order valence-corrected chi connectivity index (χ1v) is 9.13. The Kier molecular flexibility index (Phi) is 9.84. The molecule has 0 unspecified atom stereocenters. The second-order valence-electron chi connectivity index (χ2n) is 5.00. The molecule has 0 heterocycles. The molecule has 114 valence electrons. The van der Waals surface area contributed by atoms with Gasteiger partial charge in [0.1, 0.15) is 4.38 Å². The Bertz CT molecular complexity index is 401. The highest BCUT2D eigenvalue weighted by molar-refractivity contribution is 8.38. The van der Waals surface area contributed by atoms with Crippen LogP contribution < -0.4 is 0 Å². The van der Waals surface area contributed by atoms with Crippen LogP contribution in [0.1, 0.15) is 41.5 Å². The lowest BCUT2D eigenvalue weighted by Gasteiger charge is -2.15. The van der Waals surface area contributed by atoms with Crippen molar-refractivity contribution in [3.05, 3.63) is 0 Å². The SMILES string of the molecule is CSC(=N/C=N/C(N=C(C)C)=[N+](C(C)C)C(C)C)SC. The quantitative estimate of drug-likeness (QED) is 0.452. The number of guanidine groups is 1. The van der Waals surface area contributed by atoms with Crippen molar-refractivity contribution in [1.82, 2.24) is 0 Å². The minimum Gasteiger partial charge on any atom is -0.254 e. The summed E-state index contributed by atoms with van der Waals surface area (Å²) in [6, 6.07) is 0.685. The summed E-state index contributed by atoms with van der Waals surface area (Å²) in [5.74, 6) is 0.723. The van der Waals surface area contributed by atoms with Crippen LogP contribution in [0.3, 0.4) is 0 Å². The van der Waals surface area contributed by atoms with Gasteiger partial charge in [0.25, 0.3) is 0 Å². The first-order valence-electron chi connectivity index (χ1n) is 6.68. The standard InChI is InChI=1S/C14H27N4S2/c1-10(2)17-13(18(11(3)4)12(5)6)15-9-16-14(19-7)20-8/h9,11-12H,1-8H3/q+1. The molecule has 0 fully saturated rings. The van der Waals surface area contributed by atoms with Crippen LogP contribution in [0, 0.1) is 0 Å². The van der Waals surface area contributed by atoms with Crippen LogP contribution in [0.2, 0.25) is 0 Å². The molecular formula is C14H27N4S2+. The lowest BCUT2D eigenvalue weighted by molar-refractivity contribution is -0.588. The smallest absolute Gasteiger partial charge is 0.254 e. The third-order valence-corrected chi connectivity index (χ3v) is 4.26. The Balaban J connectivity index is 5.59. The van der Waals surface area contributed by atoms with Gasteiger partial charge in [-0.25, -0.2) is 4.99 Å². The van der Waals surface area contributed by atoms with E-state index < -0.39 is 0 Å². The van der Waals surface area contributed by atoms with Gasteiger partial charge in [0.15, 0.2) is 6.34 Å². The minimum absolute atomic E-state index is 0.342. The summed E-state index contributed by atoms with van der Waals surface area (Å²) in [6.07, 6.45) is 5.62. The van der Waals surface area contributed by atoms with Crippen molar-refractivity contribution >= 4 is 45.9 Å². The van der Waals surface area contributed by atoms with Gasteiger partial charge in [-0.2, -0.15) is 0 Å². The molecule has 0 aromatic heterocycles. The molecule has 0 aromatic rings. The van der Waals surface area contributed by atoms with E-state index in [1.54, 1.807) is 29.9 Å². The van der Waals surface area contributed by atoms with E-state index in [9.17, 15) is 0 Å². The predicted molar refractivity (Wildman–Crippen MR) is 97.3 cm³/mol. The number of hydrogen-bond acceptors (Lipinski definition) is 2. The molecule has 0 aromatic carbocycles. The maximum Gasteiger partial charge on any atom is 0.430 e. The highest BCUT2D eigenvalue weighted by atomic mass is 32.2. The Morgan fingerprint density at radius 2 is 1.50 bits per heavy atom. The summed E-state index contributed by atoms with van der Waals surface area (Å²) in [5.41, 5.74) is 0.988. The molecule has 4 nitrogen and oxygen atoms in total. The van der Waals surface area contributed by atoms with E-state index in [1.807, 2.05) is 26.4 Å². The van der Waals surface area contributed by atoms with E-state index in [0.717, 1.165) is 16.0 Å². The summed E-state index contributed by atoms with van der Waals surface area (Å²) in [4.78, 5) is 13.3. The molecule has 0 bridgehead atoms. The van der Waals surface area contributed by atoms with Crippen molar-refractivity contribution < 1.29 is 4.58 Å². The summed E-state index contributed by atoms with van der Waals surface area (Å²) >= 11 is 3.24. The van der Waals surface area contributed by atoms with Crippen molar-refractivity contribution in [2.75, 3.05) is 12.5 Å². The van der Waals surface area contributed by atoms with Crippen LogP contribution in [-0.4, -0.2) is 51.6 Å². The Morgan fingerprint density at radius 3 is 1.85 bits per heavy atom. The highest BCUT2D eigenvalue weighted by Gasteiger charge is 2.18. The summed E-state index contributed by atoms with van der Waals surface area (Å²) in [7, 11) is 0. The van der Waals surface area contributed by atoms with Crippen molar-refractivity contribution in [3.63, 3.8) is 0 Å². The van der Waals surface area contributed by atoms with Crippen LogP contribution >= 0.6 is 23.5 Å². The maximum absolute atomic E-state index is 4.55. The molecule has 0 saturated heterocycles. The monoisotopic (exact) mass is 315 g/mol. The summed E-state index contributed by atoms with van der Waals surface area (Å²) in [6.45, 7) is 12.5. The van der Waals surface area contributed by atoms with Crippen LogP contribution in [-0.2, 0) is 0 Å². The molecule has 20 heavy (non-hydrogen) atoms. The molecule has 0 atom stereocenters. The minimum atomic E-state index is 0.342. The first-order chi connectivity index (χ1) is 9.33. The van der Waals surface area contributed by atoms with Gasteiger partial charge in [0.2, 0.25) is 0 Å². The fraction of sp³-hybridized carbons (Fsp3) is 0.714. The van der Waals surface area contributed by atoms with Crippen molar-refractivity contribution in [2.24, 2.45) is 15.0 Å². The Hall–Kier alpha value is -0.620. The first kappa shape index (κ1) is 19.4. The fourth-order valence-corrected chi connectivity index (χ4v) is 2.70. The van der Waals surface area contributed by atoms with Crippen molar-refractivity contribution in [3.8, 4) is 0 Å². The van der Waals surface area contributed by atoms with E-state index in [1.165, 1.54) is 0 Å². The topological polar surface area (TPSA) is 40.1 Å². The van der Waals surface area contributed by atoms with Crippen molar-refractivity contribution in [2.45, 2.75) is 53.6 Å². The Labute approximate surface area is 132 Å². The van der Waals surface area contributed by atoms with Gasteiger partial charge in [-0.3, -0.25) is 4.58 Å². The number of aliphatic imine (C=N–C) groups is 3. The van der Waals surface area contributed by atoms with Gasteiger partial charge in [-0.05, 0) is 54.1 Å². The van der Waals surface area contributed by atoms with Crippen molar-refractivity contribution in [1.29, 1.82) is 0 Å². The molecule has 0 saturated carbocycles. The molecular weight excluding hydrogens is 288 g/mol. The van der Waals surface area contributed by atoms with Gasteiger partial charge >= 0.3 is 5.96 Å². The molecule has 0 spiro atoms. The van der Waals surface area contributed by atoms with Gasteiger partial charge in [0, 0.05) is 0 Å². The predicted octanol–water partition coefficient (Wildman–Crippen LogP) is 3.76. The average molecular weight is 316 g/mol. The fourth-order valence-electron chi connectivity index (χ4n) is 1.73. The third-order valence-electron chi connectivity index (χ3n) is 2.35. The number of nitrogens with zero attached hydrogens (tertiary/aromatic N) is 4. The van der Waals surface area contributed by atoms with Crippen LogP contribution in [0.25, 0.3) is 0 Å². The van der Waals surface area contributed by atoms with Gasteiger partial charge < -0.3 is 0 Å². The molecule has 0 aliphatic heterocycles. The molecule has 6 heteroatoms. The molecule has 0 amide bonds. The molecule has 0 aliphatic carbocycles. The van der Waals surface area contributed by atoms with E-state index in [0.29, 0.717) is 12.1 Å². The largest absolute Gasteiger partial charge is 0.430 e. The molecule has 0 N–H and O–H groups in total. The zero-order valence-corrected chi connectivity index (χ0v) is 15.5. The second-order valence-corrected chi connectivity index (χ2v) is 6.85. The Morgan fingerprint density at radius 1 is 1.00 bits per heavy atom. The second kappa shape index (κ2) is 10.2. The number of thioether (sulfide) groups is 2. The van der Waals surface area contributed by atoms with E-state index >= 15 is 0 Å². The zero-order valence-electron chi connectivity index (χ0n) is 13.8. The lowest BCUT2D eigenvalue weighted by Crippen LogP contribution is -2.32. The highest BCUT2D eigenvalue weighted by Crippen LogP contribution is 2.09. The van der Waals surface area contributed by atoms with Gasteiger partial charge in [0.05, 0.1) is 17.8 Å². The zero-order chi connectivity index (χ0) is 15.7. The lowest BCUT2D eigenvalue weighted by atomic mass is 10.3. The summed E-state index contributed by atoms with van der Waals surface area (Å²) in [5, 5.41) is 0.